The van der Waals surface area contributed by atoms with Gasteiger partial charge in [-0.2, -0.15) is 0 Å². The number of fused-ring (bicyclic) bond motifs is 3. The largest absolute Gasteiger partial charge is 0.385 e. The predicted octanol–water partition coefficient (Wildman–Crippen LogP) is 0.777. The fourth-order valence-corrected chi connectivity index (χ4v) is 5.31. The van der Waals surface area contributed by atoms with Crippen LogP contribution in [0, 0.1) is 0 Å². The van der Waals surface area contributed by atoms with Gasteiger partial charge in [-0.15, -0.1) is 0 Å². The molecular formula is C12H20N2O4S2. The zero-order valence-corrected chi connectivity index (χ0v) is 13.4. The number of rotatable bonds is 8. The first kappa shape index (κ1) is 15.9. The Bertz CT molecular complexity index is 335. The number of piperazine rings is 1. The van der Waals surface area contributed by atoms with E-state index in [1.54, 1.807) is 24.0 Å². The molecule has 0 spiro atoms. The summed E-state index contributed by atoms with van der Waals surface area (Å²) in [6.07, 6.45) is 1.52. The van der Waals surface area contributed by atoms with Crippen molar-refractivity contribution >= 4 is 33.4 Å². The summed E-state index contributed by atoms with van der Waals surface area (Å²) in [5.41, 5.74) is 0. The number of amides is 2. The van der Waals surface area contributed by atoms with Gasteiger partial charge in [0, 0.05) is 40.5 Å². The van der Waals surface area contributed by atoms with E-state index >= 15 is 0 Å². The van der Waals surface area contributed by atoms with E-state index in [9.17, 15) is 9.59 Å². The maximum absolute atomic E-state index is 12.4. The van der Waals surface area contributed by atoms with E-state index in [0.717, 1.165) is 12.8 Å². The van der Waals surface area contributed by atoms with Crippen LogP contribution >= 0.6 is 21.6 Å². The van der Waals surface area contributed by atoms with Crippen molar-refractivity contribution < 1.29 is 19.1 Å². The van der Waals surface area contributed by atoms with E-state index in [4.69, 9.17) is 9.47 Å². The average Bonchev–Trinajstić information content (AvgIpc) is 2.45. The molecule has 20 heavy (non-hydrogen) atoms. The van der Waals surface area contributed by atoms with E-state index < -0.39 is 0 Å². The molecule has 6 nitrogen and oxygen atoms in total. The number of methoxy groups -OCH3 is 2. The van der Waals surface area contributed by atoms with E-state index in [2.05, 4.69) is 0 Å². The summed E-state index contributed by atoms with van der Waals surface area (Å²) in [5.74, 6) is 0.0961. The van der Waals surface area contributed by atoms with Crippen molar-refractivity contribution in [2.75, 3.05) is 40.5 Å². The fourth-order valence-electron chi connectivity index (χ4n) is 2.29. The van der Waals surface area contributed by atoms with Crippen LogP contribution in [0.4, 0.5) is 0 Å². The van der Waals surface area contributed by atoms with Crippen LogP contribution in [0.3, 0.4) is 0 Å². The molecule has 0 saturated carbocycles. The molecule has 114 valence electrons. The summed E-state index contributed by atoms with van der Waals surface area (Å²) < 4.78 is 10.0. The van der Waals surface area contributed by atoms with Gasteiger partial charge >= 0.3 is 0 Å². The number of nitrogens with zero attached hydrogens (tertiary/aromatic N) is 2. The van der Waals surface area contributed by atoms with Crippen LogP contribution in [0.5, 0.6) is 0 Å². The minimum Gasteiger partial charge on any atom is -0.385 e. The third-order valence-corrected chi connectivity index (χ3v) is 6.10. The maximum atomic E-state index is 12.4. The quantitative estimate of drug-likeness (QED) is 0.486. The number of hydrogen-bond acceptors (Lipinski definition) is 6. The topological polar surface area (TPSA) is 59.1 Å². The van der Waals surface area contributed by atoms with Crippen LogP contribution in [0.1, 0.15) is 12.8 Å². The first-order valence-corrected chi connectivity index (χ1v) is 8.89. The van der Waals surface area contributed by atoms with Gasteiger partial charge in [0.25, 0.3) is 11.8 Å². The minimum absolute atomic E-state index is 0.0480. The zero-order chi connectivity index (χ0) is 14.5. The summed E-state index contributed by atoms with van der Waals surface area (Å²) >= 11 is 0. The molecule has 0 aromatic rings. The lowest BCUT2D eigenvalue weighted by molar-refractivity contribution is -0.154. The van der Waals surface area contributed by atoms with Crippen molar-refractivity contribution in [3.8, 4) is 0 Å². The molecule has 3 aliphatic heterocycles. The SMILES string of the molecule is COCCCN1C(=O)[C@@H]2SS[C@@H]1C(=O)N2CCCOC. The zero-order valence-electron chi connectivity index (χ0n) is 11.7. The molecule has 3 saturated heterocycles. The van der Waals surface area contributed by atoms with E-state index in [1.807, 2.05) is 0 Å². The number of carbonyl (C=O) groups is 2. The van der Waals surface area contributed by atoms with Crippen molar-refractivity contribution in [1.82, 2.24) is 9.80 Å². The molecule has 0 aromatic heterocycles. The molecular weight excluding hydrogens is 300 g/mol. The predicted molar refractivity (Wildman–Crippen MR) is 79.2 cm³/mol. The highest BCUT2D eigenvalue weighted by Crippen LogP contribution is 2.46. The van der Waals surface area contributed by atoms with E-state index in [1.165, 1.54) is 21.6 Å². The molecule has 2 atom stereocenters. The Hall–Kier alpha value is -0.440. The second-order valence-corrected chi connectivity index (χ2v) is 7.09. The molecule has 0 aliphatic carbocycles. The molecule has 3 heterocycles. The van der Waals surface area contributed by atoms with Crippen LogP contribution in [-0.4, -0.2) is 72.9 Å². The Morgan fingerprint density at radius 1 is 0.900 bits per heavy atom. The van der Waals surface area contributed by atoms with Crippen molar-refractivity contribution in [1.29, 1.82) is 0 Å². The van der Waals surface area contributed by atoms with Gasteiger partial charge in [0.15, 0.2) is 10.7 Å². The Morgan fingerprint density at radius 2 is 1.30 bits per heavy atom. The summed E-state index contributed by atoms with van der Waals surface area (Å²) in [6.45, 7) is 2.37. The highest BCUT2D eigenvalue weighted by molar-refractivity contribution is 8.77. The van der Waals surface area contributed by atoms with Gasteiger partial charge in [0.2, 0.25) is 0 Å². The molecule has 8 heteroatoms. The molecule has 3 rings (SSSR count). The summed E-state index contributed by atoms with van der Waals surface area (Å²) in [4.78, 5) is 28.2. The Balaban J connectivity index is 1.96. The summed E-state index contributed by atoms with van der Waals surface area (Å²) in [6, 6.07) is 0. The smallest absolute Gasteiger partial charge is 0.258 e. The second-order valence-electron chi connectivity index (χ2n) is 4.65. The van der Waals surface area contributed by atoms with Crippen LogP contribution in [0.2, 0.25) is 0 Å². The molecule has 3 fully saturated rings. The third kappa shape index (κ3) is 3.24. The Morgan fingerprint density at radius 3 is 1.65 bits per heavy atom. The first-order valence-electron chi connectivity index (χ1n) is 6.61. The molecule has 0 aromatic carbocycles. The summed E-state index contributed by atoms with van der Waals surface area (Å²) in [5, 5.41) is -0.756. The highest BCUT2D eigenvalue weighted by Gasteiger charge is 2.51. The molecule has 2 amide bonds. The molecule has 0 unspecified atom stereocenters. The van der Waals surface area contributed by atoms with Crippen LogP contribution in [-0.2, 0) is 19.1 Å². The molecule has 0 radical (unpaired) electrons. The van der Waals surface area contributed by atoms with Crippen molar-refractivity contribution in [3.05, 3.63) is 0 Å². The standard InChI is InChI=1S/C12H20N2O4S2/c1-17-7-3-5-13-9(15)12-14(6-4-8-18-2)10(16)11(13)19-20-12/h11-12H,3-8H2,1-2H3/t11-,12+. The lowest BCUT2D eigenvalue weighted by Crippen LogP contribution is -2.65. The lowest BCUT2D eigenvalue weighted by Gasteiger charge is -2.48. The summed E-state index contributed by atoms with van der Waals surface area (Å²) in [7, 11) is 6.26. The van der Waals surface area contributed by atoms with Gasteiger partial charge in [-0.05, 0) is 12.8 Å². The average molecular weight is 320 g/mol. The van der Waals surface area contributed by atoms with Gasteiger partial charge in [0.1, 0.15) is 0 Å². The Labute approximate surface area is 126 Å². The molecule has 3 aliphatic rings. The van der Waals surface area contributed by atoms with Crippen molar-refractivity contribution in [2.45, 2.75) is 23.6 Å². The van der Waals surface area contributed by atoms with Gasteiger partial charge in [0.05, 0.1) is 0 Å². The van der Waals surface area contributed by atoms with Gasteiger partial charge in [-0.25, -0.2) is 0 Å². The van der Waals surface area contributed by atoms with Crippen LogP contribution in [0.25, 0.3) is 0 Å². The highest BCUT2D eigenvalue weighted by atomic mass is 33.1. The number of carbonyl (C=O) groups excluding carboxylic acids is 2. The monoisotopic (exact) mass is 320 g/mol. The fraction of sp³-hybridized carbons (Fsp3) is 0.833. The third-order valence-electron chi connectivity index (χ3n) is 3.29. The maximum Gasteiger partial charge on any atom is 0.258 e. The number of hydrogen-bond donors (Lipinski definition) is 0. The van der Waals surface area contributed by atoms with Crippen LogP contribution in [0.15, 0.2) is 0 Å². The van der Waals surface area contributed by atoms with E-state index in [-0.39, 0.29) is 22.6 Å². The van der Waals surface area contributed by atoms with E-state index in [0.29, 0.717) is 26.3 Å². The second kappa shape index (κ2) is 7.53. The number of ether oxygens (including phenoxy) is 2. The molecule has 0 N–H and O–H groups in total. The normalized spacial score (nSPS) is 25.7. The van der Waals surface area contributed by atoms with Gasteiger partial charge in [-0.1, -0.05) is 21.6 Å². The Kier molecular flexibility index (Phi) is 6.01. The van der Waals surface area contributed by atoms with Gasteiger partial charge in [-0.3, -0.25) is 9.59 Å². The van der Waals surface area contributed by atoms with Crippen molar-refractivity contribution in [3.63, 3.8) is 0 Å². The first-order chi connectivity index (χ1) is 9.70. The lowest BCUT2D eigenvalue weighted by atomic mass is 10.2. The van der Waals surface area contributed by atoms with Gasteiger partial charge < -0.3 is 19.3 Å². The molecule has 2 bridgehead atoms. The van der Waals surface area contributed by atoms with Crippen molar-refractivity contribution in [2.24, 2.45) is 0 Å². The van der Waals surface area contributed by atoms with Crippen LogP contribution < -0.4 is 0 Å². The minimum atomic E-state index is -0.378.